The van der Waals surface area contributed by atoms with Crippen LogP contribution in [0.1, 0.15) is 16.1 Å². The van der Waals surface area contributed by atoms with Crippen LogP contribution in [0.15, 0.2) is 47.7 Å². The maximum absolute atomic E-state index is 12.8. The highest BCUT2D eigenvalue weighted by Crippen LogP contribution is 2.31. The lowest BCUT2D eigenvalue weighted by Gasteiger charge is -2.30. The third kappa shape index (κ3) is 3.39. The number of hydrogen-bond donors (Lipinski definition) is 1. The molecule has 10 heteroatoms. The minimum atomic E-state index is -4.59. The van der Waals surface area contributed by atoms with Crippen molar-refractivity contribution in [2.24, 2.45) is 17.8 Å². The number of carbonyl (C=O) groups is 1. The quantitative estimate of drug-likeness (QED) is 0.901. The van der Waals surface area contributed by atoms with Gasteiger partial charge in [0, 0.05) is 25.5 Å². The second-order valence-electron chi connectivity index (χ2n) is 5.38. The molecule has 3 rings (SSSR count). The van der Waals surface area contributed by atoms with Gasteiger partial charge in [0.1, 0.15) is 0 Å². The van der Waals surface area contributed by atoms with E-state index in [1.807, 2.05) is 0 Å². The molecule has 1 aliphatic rings. The zero-order chi connectivity index (χ0) is 18.9. The van der Waals surface area contributed by atoms with E-state index in [1.165, 1.54) is 30.6 Å². The normalized spacial score (nSPS) is 16.8. The molecule has 2 heterocycles. The van der Waals surface area contributed by atoms with Crippen LogP contribution in [0, 0.1) is 0 Å². The zero-order valence-corrected chi connectivity index (χ0v) is 13.5. The van der Waals surface area contributed by atoms with Crippen molar-refractivity contribution in [1.82, 2.24) is 9.78 Å². The van der Waals surface area contributed by atoms with Crippen LogP contribution in [-0.2, 0) is 13.2 Å². The number of alkyl halides is 3. The Morgan fingerprint density at radius 3 is 2.69 bits per heavy atom. The minimum Gasteiger partial charge on any atom is -0.448 e. The number of aryl methyl sites for hydroxylation is 1. The minimum absolute atomic E-state index is 0.106. The van der Waals surface area contributed by atoms with Crippen molar-refractivity contribution in [3.05, 3.63) is 54.0 Å². The number of aliphatic imine (C=N–C) groups is 1. The number of benzene rings is 1. The lowest BCUT2D eigenvalue weighted by atomic mass is 10.1. The van der Waals surface area contributed by atoms with Crippen molar-refractivity contribution in [2.45, 2.75) is 12.4 Å². The second-order valence-corrected chi connectivity index (χ2v) is 5.38. The summed E-state index contributed by atoms with van der Waals surface area (Å²) in [7, 11) is 1.34. The number of ether oxygens (including phenoxy) is 1. The number of rotatable bonds is 4. The molecular weight excluding hydrogens is 351 g/mol. The molecule has 1 unspecified atom stereocenters. The standard InChI is InChI=1S/C16H14F3N5O2/c1-23-13(8-12(22-23)16(17,18)19)26-14-9-21-6-7-24(14)11-5-3-2-4-10(11)15(20)25/h2-9,14H,1H3,(H2,20,25). The van der Waals surface area contributed by atoms with Crippen molar-refractivity contribution in [2.75, 3.05) is 4.90 Å². The van der Waals surface area contributed by atoms with Crippen LogP contribution in [0.4, 0.5) is 18.9 Å². The summed E-state index contributed by atoms with van der Waals surface area (Å²) in [5.74, 6) is -0.749. The molecular formula is C16H14F3N5O2. The largest absolute Gasteiger partial charge is 0.448 e. The molecule has 1 aromatic carbocycles. The zero-order valence-electron chi connectivity index (χ0n) is 13.5. The van der Waals surface area contributed by atoms with Gasteiger partial charge in [0.25, 0.3) is 5.91 Å². The Labute approximate surface area is 146 Å². The second kappa shape index (κ2) is 6.54. The molecule has 0 aliphatic carbocycles. The van der Waals surface area contributed by atoms with Gasteiger partial charge in [-0.25, -0.2) is 4.68 Å². The van der Waals surface area contributed by atoms with Crippen LogP contribution in [0.2, 0.25) is 0 Å². The number of aromatic nitrogens is 2. The highest BCUT2D eigenvalue weighted by Gasteiger charge is 2.35. The molecule has 1 aliphatic heterocycles. The van der Waals surface area contributed by atoms with E-state index in [0.717, 1.165) is 10.7 Å². The summed E-state index contributed by atoms with van der Waals surface area (Å²) in [6.45, 7) is 0. The van der Waals surface area contributed by atoms with Gasteiger partial charge < -0.3 is 15.4 Å². The van der Waals surface area contributed by atoms with Gasteiger partial charge in [-0.3, -0.25) is 9.79 Å². The summed E-state index contributed by atoms with van der Waals surface area (Å²) in [6.07, 6.45) is -1.09. The first-order valence-electron chi connectivity index (χ1n) is 7.42. The Balaban J connectivity index is 1.93. The van der Waals surface area contributed by atoms with E-state index in [9.17, 15) is 18.0 Å². The summed E-state index contributed by atoms with van der Waals surface area (Å²) in [6, 6.07) is 7.33. The molecule has 1 atom stereocenters. The number of carbonyl (C=O) groups excluding carboxylic acids is 1. The van der Waals surface area contributed by atoms with Gasteiger partial charge in [-0.15, -0.1) is 0 Å². The predicted molar refractivity (Wildman–Crippen MR) is 87.7 cm³/mol. The van der Waals surface area contributed by atoms with Crippen molar-refractivity contribution in [3.8, 4) is 5.88 Å². The third-order valence-corrected chi connectivity index (χ3v) is 3.62. The SMILES string of the molecule is Cn1nc(C(F)(F)F)cc1OC1C=NC=CN1c1ccccc1C(N)=O. The first-order chi connectivity index (χ1) is 12.3. The number of amides is 1. The van der Waals surface area contributed by atoms with Crippen molar-refractivity contribution >= 4 is 17.8 Å². The van der Waals surface area contributed by atoms with Crippen molar-refractivity contribution in [3.63, 3.8) is 0 Å². The van der Waals surface area contributed by atoms with E-state index in [0.29, 0.717) is 5.69 Å². The summed E-state index contributed by atoms with van der Waals surface area (Å²) in [4.78, 5) is 17.1. The average Bonchev–Trinajstić information content (AvgIpc) is 2.96. The Kier molecular flexibility index (Phi) is 4.41. The fourth-order valence-corrected chi connectivity index (χ4v) is 2.42. The lowest BCUT2D eigenvalue weighted by Crippen LogP contribution is -2.40. The van der Waals surface area contributed by atoms with Gasteiger partial charge in [-0.05, 0) is 12.1 Å². The van der Waals surface area contributed by atoms with Crippen LogP contribution < -0.4 is 15.4 Å². The maximum atomic E-state index is 12.8. The number of hydrogen-bond acceptors (Lipinski definition) is 5. The molecule has 26 heavy (non-hydrogen) atoms. The molecule has 1 amide bonds. The van der Waals surface area contributed by atoms with E-state index < -0.39 is 24.0 Å². The molecule has 0 saturated carbocycles. The van der Waals surface area contributed by atoms with E-state index in [-0.39, 0.29) is 11.4 Å². The Hall–Kier alpha value is -3.30. The number of nitrogens with zero attached hydrogens (tertiary/aromatic N) is 4. The van der Waals surface area contributed by atoms with Crippen LogP contribution in [0.5, 0.6) is 5.88 Å². The van der Waals surface area contributed by atoms with Crippen LogP contribution >= 0.6 is 0 Å². The number of para-hydroxylation sites is 1. The van der Waals surface area contributed by atoms with Gasteiger partial charge in [-0.2, -0.15) is 18.3 Å². The van der Waals surface area contributed by atoms with E-state index >= 15 is 0 Å². The smallest absolute Gasteiger partial charge is 0.435 e. The summed E-state index contributed by atoms with van der Waals surface area (Å²) in [5.41, 5.74) is 5.00. The average molecular weight is 365 g/mol. The number of primary amides is 1. The Morgan fingerprint density at radius 1 is 1.31 bits per heavy atom. The fourth-order valence-electron chi connectivity index (χ4n) is 2.42. The molecule has 7 nitrogen and oxygen atoms in total. The number of halogens is 3. The summed E-state index contributed by atoms with van der Waals surface area (Å²) >= 11 is 0. The molecule has 0 saturated heterocycles. The molecule has 2 N–H and O–H groups in total. The van der Waals surface area contributed by atoms with E-state index in [2.05, 4.69) is 10.1 Å². The van der Waals surface area contributed by atoms with Crippen molar-refractivity contribution in [1.29, 1.82) is 0 Å². The molecule has 1 aromatic heterocycles. The van der Waals surface area contributed by atoms with E-state index in [4.69, 9.17) is 10.5 Å². The lowest BCUT2D eigenvalue weighted by molar-refractivity contribution is -0.141. The highest BCUT2D eigenvalue weighted by atomic mass is 19.4. The molecule has 136 valence electrons. The van der Waals surface area contributed by atoms with Gasteiger partial charge >= 0.3 is 6.18 Å². The molecule has 0 fully saturated rings. The van der Waals surface area contributed by atoms with Crippen LogP contribution in [-0.4, -0.2) is 28.1 Å². The van der Waals surface area contributed by atoms with Crippen molar-refractivity contribution < 1.29 is 22.7 Å². The van der Waals surface area contributed by atoms with Crippen LogP contribution in [0.25, 0.3) is 0 Å². The third-order valence-electron chi connectivity index (χ3n) is 3.62. The molecule has 2 aromatic rings. The molecule has 0 bridgehead atoms. The summed E-state index contributed by atoms with van der Waals surface area (Å²) in [5, 5.41) is 3.40. The Morgan fingerprint density at radius 2 is 2.04 bits per heavy atom. The maximum Gasteiger partial charge on any atom is 0.435 e. The fraction of sp³-hybridized carbons (Fsp3) is 0.188. The first-order valence-corrected chi connectivity index (χ1v) is 7.42. The molecule has 0 spiro atoms. The van der Waals surface area contributed by atoms with Gasteiger partial charge in [0.15, 0.2) is 5.69 Å². The topological polar surface area (TPSA) is 85.7 Å². The predicted octanol–water partition coefficient (Wildman–Crippen LogP) is 2.30. The molecule has 0 radical (unpaired) electrons. The summed E-state index contributed by atoms with van der Waals surface area (Å²) < 4.78 is 45.1. The number of nitrogens with two attached hydrogens (primary N) is 1. The van der Waals surface area contributed by atoms with Crippen LogP contribution in [0.3, 0.4) is 0 Å². The van der Waals surface area contributed by atoms with Gasteiger partial charge in [0.05, 0.1) is 17.5 Å². The van der Waals surface area contributed by atoms with Gasteiger partial charge in [0.2, 0.25) is 12.1 Å². The van der Waals surface area contributed by atoms with Gasteiger partial charge in [-0.1, -0.05) is 12.1 Å². The highest BCUT2D eigenvalue weighted by molar-refractivity contribution is 5.99. The Bertz CT molecular complexity index is 888. The van der Waals surface area contributed by atoms with E-state index in [1.54, 1.807) is 24.3 Å². The number of anilines is 1. The monoisotopic (exact) mass is 365 g/mol. The first kappa shape index (κ1) is 17.5.